The van der Waals surface area contributed by atoms with E-state index in [2.05, 4.69) is 17.0 Å². The van der Waals surface area contributed by atoms with Crippen LogP contribution in [0.25, 0.3) is 0 Å². The van der Waals surface area contributed by atoms with Crippen molar-refractivity contribution in [3.8, 4) is 17.2 Å². The van der Waals surface area contributed by atoms with Crippen molar-refractivity contribution in [1.29, 1.82) is 0 Å². The Morgan fingerprint density at radius 1 is 0.868 bits per heavy atom. The van der Waals surface area contributed by atoms with Crippen LogP contribution in [-0.2, 0) is 6.42 Å². The summed E-state index contributed by atoms with van der Waals surface area (Å²) in [5.74, 6) is 2.20. The van der Waals surface area contributed by atoms with Crippen LogP contribution >= 0.6 is 0 Å². The molecule has 0 saturated carbocycles. The zero-order chi connectivity index (χ0) is 26.3. The van der Waals surface area contributed by atoms with Crippen molar-refractivity contribution in [1.82, 2.24) is 9.80 Å². The number of rotatable bonds is 9. The van der Waals surface area contributed by atoms with Crippen molar-refractivity contribution < 1.29 is 19.0 Å². The van der Waals surface area contributed by atoms with Gasteiger partial charge in [-0.3, -0.25) is 4.79 Å². The molecule has 5 rings (SSSR count). The molecule has 3 aromatic rings. The van der Waals surface area contributed by atoms with Gasteiger partial charge in [0.2, 0.25) is 0 Å². The van der Waals surface area contributed by atoms with Crippen LogP contribution in [0.5, 0.6) is 17.2 Å². The van der Waals surface area contributed by atoms with Crippen molar-refractivity contribution in [3.05, 3.63) is 89.0 Å². The summed E-state index contributed by atoms with van der Waals surface area (Å²) in [6, 6.07) is 21.6. The summed E-state index contributed by atoms with van der Waals surface area (Å²) in [5.41, 5.74) is 3.98. The van der Waals surface area contributed by atoms with Crippen molar-refractivity contribution in [2.24, 2.45) is 0 Å². The normalized spacial score (nSPS) is 17.5. The summed E-state index contributed by atoms with van der Waals surface area (Å²) in [6.07, 6.45) is 5.75. The van der Waals surface area contributed by atoms with E-state index in [1.54, 1.807) is 14.2 Å². The van der Waals surface area contributed by atoms with E-state index in [1.807, 2.05) is 59.5 Å². The smallest absolute Gasteiger partial charge is 0.254 e. The SMILES string of the molecule is COc1cc2c(cc1OC)C(c1ccccc1)N(C(=O)c1ccc(OCCCN3CCCCC3)cc1)CC2. The second kappa shape index (κ2) is 12.4. The van der Waals surface area contributed by atoms with E-state index < -0.39 is 0 Å². The Hall–Kier alpha value is -3.51. The standard InChI is InChI=1S/C32H38N2O4/c1-36-29-22-26-16-20-34(31(24-10-5-3-6-11-24)28(26)23-30(29)37-2)32(35)25-12-14-27(15-13-25)38-21-9-19-33-17-7-4-8-18-33/h3,5-6,10-15,22-23,31H,4,7-9,16-21H2,1-2H3. The van der Waals surface area contributed by atoms with Crippen LogP contribution in [0, 0.1) is 0 Å². The maximum Gasteiger partial charge on any atom is 0.254 e. The molecule has 2 aliphatic heterocycles. The zero-order valence-corrected chi connectivity index (χ0v) is 22.5. The van der Waals surface area contributed by atoms with Crippen LogP contribution in [0.3, 0.4) is 0 Å². The van der Waals surface area contributed by atoms with E-state index in [-0.39, 0.29) is 11.9 Å². The summed E-state index contributed by atoms with van der Waals surface area (Å²) in [5, 5.41) is 0. The fourth-order valence-electron chi connectivity index (χ4n) is 5.68. The lowest BCUT2D eigenvalue weighted by molar-refractivity contribution is 0.0694. The number of carbonyl (C=O) groups is 1. The van der Waals surface area contributed by atoms with E-state index in [0.29, 0.717) is 30.2 Å². The summed E-state index contributed by atoms with van der Waals surface area (Å²) in [7, 11) is 3.30. The van der Waals surface area contributed by atoms with E-state index in [4.69, 9.17) is 14.2 Å². The van der Waals surface area contributed by atoms with Crippen LogP contribution < -0.4 is 14.2 Å². The minimum atomic E-state index is -0.210. The van der Waals surface area contributed by atoms with E-state index in [0.717, 1.165) is 36.3 Å². The first-order valence-corrected chi connectivity index (χ1v) is 13.7. The number of nitrogens with zero attached hydrogens (tertiary/aromatic N) is 2. The van der Waals surface area contributed by atoms with E-state index in [9.17, 15) is 4.79 Å². The third kappa shape index (κ3) is 5.81. The molecule has 6 nitrogen and oxygen atoms in total. The first-order valence-electron chi connectivity index (χ1n) is 13.7. The zero-order valence-electron chi connectivity index (χ0n) is 22.5. The van der Waals surface area contributed by atoms with Gasteiger partial charge in [0.1, 0.15) is 5.75 Å². The van der Waals surface area contributed by atoms with E-state index in [1.165, 1.54) is 37.9 Å². The molecule has 1 unspecified atom stereocenters. The Kier molecular flexibility index (Phi) is 8.49. The molecule has 3 aromatic carbocycles. The number of piperidine rings is 1. The van der Waals surface area contributed by atoms with Gasteiger partial charge in [0.05, 0.1) is 26.9 Å². The second-order valence-electron chi connectivity index (χ2n) is 10.1. The molecule has 0 radical (unpaired) electrons. The third-order valence-corrected chi connectivity index (χ3v) is 7.69. The molecule has 1 fully saturated rings. The summed E-state index contributed by atoms with van der Waals surface area (Å²) >= 11 is 0. The van der Waals surface area contributed by atoms with Gasteiger partial charge in [0.15, 0.2) is 11.5 Å². The molecule has 1 saturated heterocycles. The van der Waals surface area contributed by atoms with Gasteiger partial charge in [0.25, 0.3) is 5.91 Å². The first kappa shape index (κ1) is 26.1. The number of benzene rings is 3. The lowest BCUT2D eigenvalue weighted by atomic mass is 9.87. The second-order valence-corrected chi connectivity index (χ2v) is 10.1. The van der Waals surface area contributed by atoms with Gasteiger partial charge in [-0.1, -0.05) is 36.8 Å². The van der Waals surface area contributed by atoms with E-state index >= 15 is 0 Å². The lowest BCUT2D eigenvalue weighted by Crippen LogP contribution is -2.40. The van der Waals surface area contributed by atoms with Crippen LogP contribution in [-0.4, -0.2) is 62.7 Å². The number of fused-ring (bicyclic) bond motifs is 1. The maximum absolute atomic E-state index is 13.8. The first-order chi connectivity index (χ1) is 18.7. The van der Waals surface area contributed by atoms with Crippen molar-refractivity contribution >= 4 is 5.91 Å². The number of likely N-dealkylation sites (tertiary alicyclic amines) is 1. The van der Waals surface area contributed by atoms with Gasteiger partial charge in [-0.2, -0.15) is 0 Å². The Morgan fingerprint density at radius 2 is 1.58 bits per heavy atom. The number of methoxy groups -OCH3 is 2. The average molecular weight is 515 g/mol. The predicted octanol–water partition coefficient (Wildman–Crippen LogP) is 5.75. The van der Waals surface area contributed by atoms with Crippen LogP contribution in [0.4, 0.5) is 0 Å². The van der Waals surface area contributed by atoms with Gasteiger partial charge in [-0.25, -0.2) is 0 Å². The highest BCUT2D eigenvalue weighted by atomic mass is 16.5. The third-order valence-electron chi connectivity index (χ3n) is 7.69. The van der Waals surface area contributed by atoms with Crippen molar-refractivity contribution in [3.63, 3.8) is 0 Å². The predicted molar refractivity (Wildman–Crippen MR) is 149 cm³/mol. The van der Waals surface area contributed by atoms with Crippen molar-refractivity contribution in [2.75, 3.05) is 47.0 Å². The lowest BCUT2D eigenvalue weighted by Gasteiger charge is -2.38. The molecule has 0 bridgehead atoms. The maximum atomic E-state index is 13.8. The molecule has 2 heterocycles. The minimum absolute atomic E-state index is 0.0101. The monoisotopic (exact) mass is 514 g/mol. The number of ether oxygens (including phenoxy) is 3. The Bertz CT molecular complexity index is 1210. The van der Waals surface area contributed by atoms with Gasteiger partial charge >= 0.3 is 0 Å². The molecular weight excluding hydrogens is 476 g/mol. The van der Waals surface area contributed by atoms with Crippen LogP contribution in [0.15, 0.2) is 66.7 Å². The highest BCUT2D eigenvalue weighted by Gasteiger charge is 2.33. The molecule has 0 spiro atoms. The van der Waals surface area contributed by atoms with Crippen LogP contribution in [0.1, 0.15) is 58.8 Å². The minimum Gasteiger partial charge on any atom is -0.494 e. The largest absolute Gasteiger partial charge is 0.494 e. The Morgan fingerprint density at radius 3 is 2.29 bits per heavy atom. The number of hydrogen-bond acceptors (Lipinski definition) is 5. The Labute approximate surface area is 226 Å². The fourth-order valence-corrected chi connectivity index (χ4v) is 5.68. The van der Waals surface area contributed by atoms with Crippen molar-refractivity contribution in [2.45, 2.75) is 38.1 Å². The fraction of sp³-hybridized carbons (Fsp3) is 0.406. The average Bonchev–Trinajstić information content (AvgIpc) is 2.99. The molecule has 2 aliphatic rings. The highest BCUT2D eigenvalue weighted by Crippen LogP contribution is 2.41. The molecule has 6 heteroatoms. The summed E-state index contributed by atoms with van der Waals surface area (Å²) < 4.78 is 17.1. The van der Waals surface area contributed by atoms with Gasteiger partial charge in [-0.15, -0.1) is 0 Å². The van der Waals surface area contributed by atoms with Gasteiger partial charge in [0, 0.05) is 18.7 Å². The molecular formula is C32H38N2O4. The van der Waals surface area contributed by atoms with Crippen LogP contribution in [0.2, 0.25) is 0 Å². The molecule has 1 atom stereocenters. The topological polar surface area (TPSA) is 51.2 Å². The number of hydrogen-bond donors (Lipinski definition) is 0. The number of carbonyl (C=O) groups excluding carboxylic acids is 1. The quantitative estimate of drug-likeness (QED) is 0.341. The molecule has 200 valence electrons. The summed E-state index contributed by atoms with van der Waals surface area (Å²) in [4.78, 5) is 18.3. The molecule has 1 amide bonds. The molecule has 38 heavy (non-hydrogen) atoms. The summed E-state index contributed by atoms with van der Waals surface area (Å²) in [6.45, 7) is 4.82. The molecule has 0 aliphatic carbocycles. The Balaban J connectivity index is 1.31. The highest BCUT2D eigenvalue weighted by molar-refractivity contribution is 5.95. The van der Waals surface area contributed by atoms with Gasteiger partial charge < -0.3 is 24.0 Å². The van der Waals surface area contributed by atoms with Gasteiger partial charge in [-0.05, 0) is 91.9 Å². The number of amides is 1. The molecule has 0 aromatic heterocycles. The molecule has 0 N–H and O–H groups in total.